The molecule has 0 saturated heterocycles. The molecule has 0 radical (unpaired) electrons. The molecule has 0 bridgehead atoms. The zero-order valence-electron chi connectivity index (χ0n) is 10.8. The Morgan fingerprint density at radius 3 is 2.94 bits per heavy atom. The molecule has 2 aliphatic rings. The van der Waals surface area contributed by atoms with Crippen molar-refractivity contribution < 1.29 is 9.53 Å². The van der Waals surface area contributed by atoms with Gasteiger partial charge in [-0.2, -0.15) is 0 Å². The second-order valence-electron chi connectivity index (χ2n) is 5.72. The van der Waals surface area contributed by atoms with E-state index in [1.165, 1.54) is 11.1 Å². The van der Waals surface area contributed by atoms with Crippen molar-refractivity contribution in [3.63, 3.8) is 0 Å². The maximum atomic E-state index is 10.8. The van der Waals surface area contributed by atoms with Crippen molar-refractivity contribution in [1.29, 1.82) is 0 Å². The Hall–Kier alpha value is -1.64. The summed E-state index contributed by atoms with van der Waals surface area (Å²) in [6, 6.07) is 5.92. The number of aliphatic imine (C=N–C) groups is 1. The highest BCUT2D eigenvalue weighted by molar-refractivity contribution is 5.87. The average molecular weight is 243 g/mol. The summed E-state index contributed by atoms with van der Waals surface area (Å²) < 4.78 is 5.75. The van der Waals surface area contributed by atoms with Crippen molar-refractivity contribution in [2.24, 2.45) is 4.99 Å². The number of carbonyl (C=O) groups is 1. The molecule has 1 aliphatic carbocycles. The molecule has 3 rings (SSSR count). The summed E-state index contributed by atoms with van der Waals surface area (Å²) in [5, 5.41) is 0. The highest BCUT2D eigenvalue weighted by Gasteiger charge is 2.35. The number of hydrogen-bond donors (Lipinski definition) is 0. The second-order valence-corrected chi connectivity index (χ2v) is 5.72. The van der Waals surface area contributed by atoms with Crippen molar-refractivity contribution in [2.45, 2.75) is 38.1 Å². The van der Waals surface area contributed by atoms with Gasteiger partial charge in [0.05, 0.1) is 11.5 Å². The van der Waals surface area contributed by atoms with Gasteiger partial charge in [0.25, 0.3) is 0 Å². The van der Waals surface area contributed by atoms with Crippen molar-refractivity contribution in [2.75, 3.05) is 6.61 Å². The van der Waals surface area contributed by atoms with Crippen molar-refractivity contribution in [3.05, 3.63) is 34.9 Å². The van der Waals surface area contributed by atoms with Gasteiger partial charge in [-0.1, -0.05) is 12.1 Å². The Labute approximate surface area is 107 Å². The molecule has 1 atom stereocenters. The van der Waals surface area contributed by atoms with E-state index in [0.717, 1.165) is 30.6 Å². The van der Waals surface area contributed by atoms with E-state index in [-0.39, 0.29) is 11.5 Å². The van der Waals surface area contributed by atoms with Crippen LogP contribution in [-0.4, -0.2) is 24.3 Å². The Kier molecular flexibility index (Phi) is 2.51. The predicted molar refractivity (Wildman–Crippen MR) is 70.4 cm³/mol. The fourth-order valence-electron chi connectivity index (χ4n) is 2.76. The number of nitrogens with zero attached hydrogens (tertiary/aromatic N) is 1. The van der Waals surface area contributed by atoms with Crippen molar-refractivity contribution in [1.82, 2.24) is 0 Å². The number of aldehydes is 1. The summed E-state index contributed by atoms with van der Waals surface area (Å²) in [6.45, 7) is 4.84. The van der Waals surface area contributed by atoms with Gasteiger partial charge < -0.3 is 4.74 Å². The van der Waals surface area contributed by atoms with Gasteiger partial charge in [-0.15, -0.1) is 0 Å². The number of benzene rings is 1. The zero-order chi connectivity index (χ0) is 12.8. The van der Waals surface area contributed by atoms with Crippen LogP contribution in [0.1, 0.15) is 47.7 Å². The molecular formula is C15H17NO2. The van der Waals surface area contributed by atoms with Crippen molar-refractivity contribution >= 4 is 12.2 Å². The molecule has 1 aromatic rings. The predicted octanol–water partition coefficient (Wildman–Crippen LogP) is 2.74. The molecule has 0 fully saturated rings. The topological polar surface area (TPSA) is 38.7 Å². The van der Waals surface area contributed by atoms with Crippen LogP contribution in [0, 0.1) is 0 Å². The molecule has 94 valence electrons. The van der Waals surface area contributed by atoms with Crippen LogP contribution in [0.15, 0.2) is 23.2 Å². The van der Waals surface area contributed by atoms with E-state index in [0.29, 0.717) is 6.61 Å². The van der Waals surface area contributed by atoms with E-state index < -0.39 is 0 Å². The molecular weight excluding hydrogens is 226 g/mol. The van der Waals surface area contributed by atoms with Crippen LogP contribution in [-0.2, 0) is 11.2 Å². The molecule has 3 heteroatoms. The third kappa shape index (κ3) is 1.84. The van der Waals surface area contributed by atoms with E-state index in [1.807, 2.05) is 18.2 Å². The van der Waals surface area contributed by atoms with Gasteiger partial charge >= 0.3 is 0 Å². The first-order valence-electron chi connectivity index (χ1n) is 6.40. The number of carbonyl (C=O) groups excluding carboxylic acids is 1. The van der Waals surface area contributed by atoms with Gasteiger partial charge in [-0.05, 0) is 43.9 Å². The molecule has 0 saturated carbocycles. The maximum absolute atomic E-state index is 10.8. The summed E-state index contributed by atoms with van der Waals surface area (Å²) in [6.07, 6.45) is 2.94. The highest BCUT2D eigenvalue weighted by Crippen LogP contribution is 2.37. The molecule has 0 N–H and O–H groups in total. The number of rotatable bonds is 2. The Bertz CT molecular complexity index is 531. The van der Waals surface area contributed by atoms with E-state index in [9.17, 15) is 4.79 Å². The summed E-state index contributed by atoms with van der Waals surface area (Å²) >= 11 is 0. The first kappa shape index (κ1) is 11.5. The van der Waals surface area contributed by atoms with Crippen LogP contribution in [0.4, 0.5) is 0 Å². The first-order valence-corrected chi connectivity index (χ1v) is 6.40. The minimum absolute atomic E-state index is 0.0964. The smallest absolute Gasteiger partial charge is 0.191 e. The van der Waals surface area contributed by atoms with Gasteiger partial charge in [0.15, 0.2) is 5.90 Å². The molecule has 3 nitrogen and oxygen atoms in total. The Morgan fingerprint density at radius 1 is 1.44 bits per heavy atom. The normalized spacial score (nSPS) is 24.3. The molecule has 0 aromatic heterocycles. The summed E-state index contributed by atoms with van der Waals surface area (Å²) in [5.74, 6) is 1.15. The Balaban J connectivity index is 1.94. The summed E-state index contributed by atoms with van der Waals surface area (Å²) in [7, 11) is 0. The molecule has 1 heterocycles. The second kappa shape index (κ2) is 3.94. The lowest BCUT2D eigenvalue weighted by Gasteiger charge is -2.11. The van der Waals surface area contributed by atoms with E-state index >= 15 is 0 Å². The quantitative estimate of drug-likeness (QED) is 0.749. The van der Waals surface area contributed by atoms with Gasteiger partial charge in [-0.3, -0.25) is 4.79 Å². The summed E-state index contributed by atoms with van der Waals surface area (Å²) in [5.41, 5.74) is 3.20. The number of aryl methyl sites for hydroxylation is 1. The van der Waals surface area contributed by atoms with Crippen LogP contribution in [0.2, 0.25) is 0 Å². The van der Waals surface area contributed by atoms with Crippen LogP contribution in [0.3, 0.4) is 0 Å². The largest absolute Gasteiger partial charge is 0.478 e. The fourth-order valence-corrected chi connectivity index (χ4v) is 2.76. The first-order chi connectivity index (χ1) is 8.59. The molecule has 0 amide bonds. The van der Waals surface area contributed by atoms with Crippen molar-refractivity contribution in [3.8, 4) is 0 Å². The van der Waals surface area contributed by atoms with Crippen LogP contribution < -0.4 is 0 Å². The van der Waals surface area contributed by atoms with Gasteiger partial charge in [0.1, 0.15) is 12.9 Å². The van der Waals surface area contributed by atoms with Crippen LogP contribution in [0.5, 0.6) is 0 Å². The minimum atomic E-state index is -0.0964. The SMILES string of the molecule is CC1(C)COC(C2CCc3cc(C=O)ccc32)=N1. The minimum Gasteiger partial charge on any atom is -0.478 e. The number of fused-ring (bicyclic) bond motifs is 1. The van der Waals surface area contributed by atoms with Gasteiger partial charge in [0.2, 0.25) is 0 Å². The number of hydrogen-bond acceptors (Lipinski definition) is 3. The summed E-state index contributed by atoms with van der Waals surface area (Å²) in [4.78, 5) is 15.4. The molecule has 1 aromatic carbocycles. The third-order valence-electron chi connectivity index (χ3n) is 3.67. The lowest BCUT2D eigenvalue weighted by atomic mass is 10.00. The van der Waals surface area contributed by atoms with E-state index in [1.54, 1.807) is 0 Å². The zero-order valence-corrected chi connectivity index (χ0v) is 10.8. The lowest BCUT2D eigenvalue weighted by molar-refractivity contribution is 0.112. The standard InChI is InChI=1S/C15H17NO2/c1-15(2)9-18-14(16-15)13-6-4-11-7-10(8-17)3-5-12(11)13/h3,5,7-8,13H,4,6,9H2,1-2H3. The molecule has 0 spiro atoms. The van der Waals surface area contributed by atoms with E-state index in [2.05, 4.69) is 18.8 Å². The molecule has 1 unspecified atom stereocenters. The maximum Gasteiger partial charge on any atom is 0.191 e. The van der Waals surface area contributed by atoms with Crippen LogP contribution >= 0.6 is 0 Å². The van der Waals surface area contributed by atoms with Gasteiger partial charge in [-0.25, -0.2) is 4.99 Å². The van der Waals surface area contributed by atoms with Gasteiger partial charge in [0, 0.05) is 5.56 Å². The third-order valence-corrected chi connectivity index (χ3v) is 3.67. The monoisotopic (exact) mass is 243 g/mol. The Morgan fingerprint density at radius 2 is 2.28 bits per heavy atom. The molecule has 1 aliphatic heterocycles. The fraction of sp³-hybridized carbons (Fsp3) is 0.467. The lowest BCUT2D eigenvalue weighted by Crippen LogP contribution is -2.17. The average Bonchev–Trinajstić information content (AvgIpc) is 2.91. The number of ether oxygens (including phenoxy) is 1. The molecule has 18 heavy (non-hydrogen) atoms. The van der Waals surface area contributed by atoms with Crippen LogP contribution in [0.25, 0.3) is 0 Å². The highest BCUT2D eigenvalue weighted by atomic mass is 16.5. The van der Waals surface area contributed by atoms with E-state index in [4.69, 9.17) is 4.74 Å².